The Kier molecular flexibility index (Phi) is 18.4. The fourth-order valence-electron chi connectivity index (χ4n) is 2.59. The lowest BCUT2D eigenvalue weighted by Gasteiger charge is -2.28. The third kappa shape index (κ3) is 16.7. The molecule has 0 unspecified atom stereocenters. The number of unbranched alkanes of at least 4 members (excludes halogenated alkanes) is 10. The number of nitrogens with zero attached hydrogens (tertiary/aromatic N) is 1. The molecule has 0 spiro atoms. The highest BCUT2D eigenvalue weighted by Crippen LogP contribution is 2.12. The van der Waals surface area contributed by atoms with Gasteiger partial charge in [0, 0.05) is 0 Å². The summed E-state index contributed by atoms with van der Waals surface area (Å²) in [6.07, 6.45) is 15.5. The number of aliphatic hydroxyl groups is 1. The Bertz CT molecular complexity index is 186. The molecule has 20 heavy (non-hydrogen) atoms. The van der Waals surface area contributed by atoms with Crippen LogP contribution in [0.25, 0.3) is 0 Å². The maximum atomic E-state index is 8.96. The smallest absolute Gasteiger partial charge is 0.102 e. The highest BCUT2D eigenvalue weighted by molar-refractivity contribution is 4.48. The minimum absolute atomic E-state index is 0. The van der Waals surface area contributed by atoms with Crippen molar-refractivity contribution >= 4 is 0 Å². The Morgan fingerprint density at radius 3 is 1.45 bits per heavy atom. The Labute approximate surface area is 144 Å². The lowest BCUT2D eigenvalue weighted by molar-refractivity contribution is -0.890. The molecule has 0 aliphatic heterocycles. The van der Waals surface area contributed by atoms with Gasteiger partial charge in [-0.25, -0.2) is 0 Å². The third-order valence-corrected chi connectivity index (χ3v) is 4.07. The zero-order chi connectivity index (χ0) is 14.4. The van der Waals surface area contributed by atoms with E-state index in [-0.39, 0.29) is 24.0 Å². The number of hydrogen-bond donors (Lipinski definition) is 1. The van der Waals surface area contributed by atoms with Gasteiger partial charge in [-0.3, -0.25) is 0 Å². The van der Waals surface area contributed by atoms with Crippen molar-refractivity contribution in [3.8, 4) is 0 Å². The predicted octanol–water partition coefficient (Wildman–Crippen LogP) is 1.37. The number of rotatable bonds is 14. The van der Waals surface area contributed by atoms with Crippen molar-refractivity contribution in [1.82, 2.24) is 0 Å². The van der Waals surface area contributed by atoms with Crippen LogP contribution in [0.3, 0.4) is 0 Å². The van der Waals surface area contributed by atoms with Crippen molar-refractivity contribution in [3.05, 3.63) is 0 Å². The molecule has 0 saturated carbocycles. The number of likely N-dealkylation sites (N-methyl/N-ethyl adjacent to an activating group) is 1. The number of hydrogen-bond acceptors (Lipinski definition) is 1. The molecule has 0 bridgehead atoms. The van der Waals surface area contributed by atoms with E-state index in [0.29, 0.717) is 6.61 Å². The Morgan fingerprint density at radius 1 is 0.650 bits per heavy atom. The average molecular weight is 399 g/mol. The summed E-state index contributed by atoms with van der Waals surface area (Å²) in [5, 5.41) is 8.96. The molecule has 0 aromatic rings. The maximum Gasteiger partial charge on any atom is 0.102 e. The molecule has 124 valence electrons. The van der Waals surface area contributed by atoms with Crippen molar-refractivity contribution in [2.45, 2.75) is 77.6 Å². The van der Waals surface area contributed by atoms with E-state index >= 15 is 0 Å². The van der Waals surface area contributed by atoms with E-state index < -0.39 is 0 Å². The number of quaternary nitrogens is 1. The van der Waals surface area contributed by atoms with E-state index in [4.69, 9.17) is 5.11 Å². The first kappa shape index (κ1) is 22.9. The topological polar surface area (TPSA) is 20.2 Å². The minimum atomic E-state index is 0. The normalized spacial score (nSPS) is 11.4. The van der Waals surface area contributed by atoms with E-state index in [9.17, 15) is 0 Å². The van der Waals surface area contributed by atoms with Crippen LogP contribution in [0.5, 0.6) is 0 Å². The van der Waals surface area contributed by atoms with Gasteiger partial charge in [-0.15, -0.1) is 0 Å². The standard InChI is InChI=1S/C17H38NO.HI/c1-4-5-6-7-8-9-10-11-12-13-14-15-18(2,3)16-17-19;/h19H,4-17H2,1-3H3;1H/q+1;/p-1. The second-order valence-electron chi connectivity index (χ2n) is 6.64. The molecule has 0 aromatic heterocycles. The summed E-state index contributed by atoms with van der Waals surface area (Å²) in [5.41, 5.74) is 0. The first-order chi connectivity index (χ1) is 9.12. The molecule has 0 radical (unpaired) electrons. The maximum absolute atomic E-state index is 8.96. The Balaban J connectivity index is 0. The molecule has 0 aliphatic carbocycles. The van der Waals surface area contributed by atoms with Crippen LogP contribution < -0.4 is 24.0 Å². The molecular weight excluding hydrogens is 361 g/mol. The molecule has 0 aromatic carbocycles. The van der Waals surface area contributed by atoms with Gasteiger partial charge in [-0.05, 0) is 12.8 Å². The van der Waals surface area contributed by atoms with Crippen molar-refractivity contribution in [2.24, 2.45) is 0 Å². The van der Waals surface area contributed by atoms with Crippen LogP contribution in [0.1, 0.15) is 77.6 Å². The van der Waals surface area contributed by atoms with Gasteiger partial charge in [0.2, 0.25) is 0 Å². The van der Waals surface area contributed by atoms with Crippen LogP contribution in [0.4, 0.5) is 0 Å². The zero-order valence-electron chi connectivity index (χ0n) is 14.2. The van der Waals surface area contributed by atoms with E-state index in [1.165, 1.54) is 77.2 Å². The highest BCUT2D eigenvalue weighted by Gasteiger charge is 2.12. The zero-order valence-corrected chi connectivity index (χ0v) is 16.3. The monoisotopic (exact) mass is 399 g/mol. The molecule has 1 N–H and O–H groups in total. The van der Waals surface area contributed by atoms with E-state index in [0.717, 1.165) is 11.0 Å². The molecular formula is C17H38INO. The molecule has 2 nitrogen and oxygen atoms in total. The lowest BCUT2D eigenvalue weighted by atomic mass is 10.1. The van der Waals surface area contributed by atoms with Crippen LogP contribution in [0.2, 0.25) is 0 Å². The summed E-state index contributed by atoms with van der Waals surface area (Å²) >= 11 is 0. The Hall–Kier alpha value is 0.650. The van der Waals surface area contributed by atoms with Gasteiger partial charge >= 0.3 is 0 Å². The third-order valence-electron chi connectivity index (χ3n) is 4.07. The SMILES string of the molecule is CCCCCCCCCCCCC[N+](C)(C)CCO.[I-]. The molecule has 0 heterocycles. The quantitative estimate of drug-likeness (QED) is 0.266. The summed E-state index contributed by atoms with van der Waals surface area (Å²) in [4.78, 5) is 0. The average Bonchev–Trinajstić information content (AvgIpc) is 2.36. The van der Waals surface area contributed by atoms with Gasteiger partial charge in [0.25, 0.3) is 0 Å². The second-order valence-corrected chi connectivity index (χ2v) is 6.64. The fourth-order valence-corrected chi connectivity index (χ4v) is 2.59. The van der Waals surface area contributed by atoms with Gasteiger partial charge in [-0.1, -0.05) is 64.7 Å². The summed E-state index contributed by atoms with van der Waals surface area (Å²) in [7, 11) is 4.43. The molecule has 0 atom stereocenters. The van der Waals surface area contributed by atoms with E-state index in [1.807, 2.05) is 0 Å². The fraction of sp³-hybridized carbons (Fsp3) is 1.00. The number of aliphatic hydroxyl groups excluding tert-OH is 1. The largest absolute Gasteiger partial charge is 1.00 e. The summed E-state index contributed by atoms with van der Waals surface area (Å²) in [6.45, 7) is 4.68. The van der Waals surface area contributed by atoms with Crippen molar-refractivity contribution in [1.29, 1.82) is 0 Å². The summed E-state index contributed by atoms with van der Waals surface area (Å²) in [6, 6.07) is 0. The molecule has 0 amide bonds. The van der Waals surface area contributed by atoms with Crippen molar-refractivity contribution in [2.75, 3.05) is 33.8 Å². The Morgan fingerprint density at radius 2 is 1.05 bits per heavy atom. The van der Waals surface area contributed by atoms with Gasteiger partial charge in [0.05, 0.1) is 27.2 Å². The molecule has 0 aliphatic rings. The molecule has 0 rings (SSSR count). The highest BCUT2D eigenvalue weighted by atomic mass is 127. The van der Waals surface area contributed by atoms with E-state index in [2.05, 4.69) is 21.0 Å². The lowest BCUT2D eigenvalue weighted by Crippen LogP contribution is -3.00. The molecule has 0 fully saturated rings. The number of halogens is 1. The minimum Gasteiger partial charge on any atom is -1.00 e. The second kappa shape index (κ2) is 16.0. The summed E-state index contributed by atoms with van der Waals surface area (Å²) < 4.78 is 0.966. The van der Waals surface area contributed by atoms with Gasteiger partial charge in [-0.2, -0.15) is 0 Å². The molecule has 0 saturated heterocycles. The van der Waals surface area contributed by atoms with Crippen LogP contribution in [-0.2, 0) is 0 Å². The van der Waals surface area contributed by atoms with Crippen molar-refractivity contribution < 1.29 is 33.6 Å². The van der Waals surface area contributed by atoms with Gasteiger partial charge < -0.3 is 33.6 Å². The van der Waals surface area contributed by atoms with Gasteiger partial charge in [0.15, 0.2) is 0 Å². The molecule has 3 heteroatoms. The summed E-state index contributed by atoms with van der Waals surface area (Å²) in [5.74, 6) is 0. The van der Waals surface area contributed by atoms with Crippen LogP contribution in [0, 0.1) is 0 Å². The van der Waals surface area contributed by atoms with Crippen LogP contribution in [-0.4, -0.2) is 43.4 Å². The van der Waals surface area contributed by atoms with E-state index in [1.54, 1.807) is 0 Å². The van der Waals surface area contributed by atoms with Crippen LogP contribution >= 0.6 is 0 Å². The first-order valence-electron chi connectivity index (χ1n) is 8.55. The van der Waals surface area contributed by atoms with Gasteiger partial charge in [0.1, 0.15) is 6.54 Å². The van der Waals surface area contributed by atoms with Crippen LogP contribution in [0.15, 0.2) is 0 Å². The first-order valence-corrected chi connectivity index (χ1v) is 8.55. The predicted molar refractivity (Wildman–Crippen MR) is 85.4 cm³/mol. The van der Waals surface area contributed by atoms with Crippen molar-refractivity contribution in [3.63, 3.8) is 0 Å².